The molecule has 32 heteroatoms. The number of aromatic hydroxyl groups is 1. The minimum atomic E-state index is -3.67. The topological polar surface area (TPSA) is 452 Å². The maximum absolute atomic E-state index is 13.4. The first kappa shape index (κ1) is 66.2. The van der Waals surface area contributed by atoms with Gasteiger partial charge < -0.3 is 115 Å². The van der Waals surface area contributed by atoms with E-state index in [4.69, 9.17) is 80.2 Å². The molecule has 0 aromatic heterocycles. The number of carboxylic acid groups (broad SMARTS) is 2. The fourth-order valence-electron chi connectivity index (χ4n) is 9.57. The van der Waals surface area contributed by atoms with Crippen LogP contribution < -0.4 is 51.6 Å². The fraction of sp³-hybridized carbons (Fsp3) is 0.667. The van der Waals surface area contributed by atoms with Crippen LogP contribution in [-0.4, -0.2) is 187 Å². The van der Waals surface area contributed by atoms with Gasteiger partial charge in [-0.1, -0.05) is 6.42 Å². The van der Waals surface area contributed by atoms with Crippen LogP contribution in [0.2, 0.25) is 0 Å². The molecule has 5 fully saturated rings. The van der Waals surface area contributed by atoms with E-state index in [1.165, 1.54) is 14.2 Å². The van der Waals surface area contributed by atoms with Crippen LogP contribution in [0.5, 0.6) is 28.7 Å². The molecule has 28 nitrogen and oxygen atoms in total. The number of hydrogen-bond acceptors (Lipinski definition) is 26. The Morgan fingerprint density at radius 2 is 1.38 bits per heavy atom. The summed E-state index contributed by atoms with van der Waals surface area (Å²) in [6, 6.07) is 6.93. The Morgan fingerprint density at radius 1 is 0.805 bits per heavy atom. The smallest absolute Gasteiger partial charge is 0.549 e. The standard InChI is InChI=1S/C29H32O13.C10H21Cl2N2O7P.C6H8O4.2H3N.Pt/c1-11-36-9-20-27(40-11)24(31)25(32)29(41-20)42-26-14-7-17-16(38-10-39-17)6-13(14)21(22-15(26)8-37-28(22)33)12-4-18(34-2)23(30)19(5-12)35-3;11-1-3-13-22(19,14-4-2-12)21-10-9(18)8(17)7(16)6(5-15)20-10;7-4(8)6(5(9)10)2-1-3-6;;;/h4-7,11,15,20-22,24-27,29-32H,8-10H2,1-3H3;6-10,15-18H,1-5H2,(H2,13,14,19);1-3H2,(H,7,8)(H,9,10);2*1H3;/q;;;;;+2/p-2/t11-,15+,20-,21-,22+,24-,25-,26-,27-,29+;6-,7-,8+,9-,10+;;;;/m11..../s1. The summed E-state index contributed by atoms with van der Waals surface area (Å²) in [6.07, 6.45) is -13.3. The first-order valence-electron chi connectivity index (χ1n) is 23.4. The van der Waals surface area contributed by atoms with Gasteiger partial charge in [0.1, 0.15) is 48.8 Å². The van der Waals surface area contributed by atoms with Crippen LogP contribution in [0.3, 0.4) is 0 Å². The molecule has 1 saturated carbocycles. The summed E-state index contributed by atoms with van der Waals surface area (Å²) in [7, 11) is -0.810. The number of cyclic esters (lactones) is 1. The molecule has 0 bridgehead atoms. The molecular formula is C45H65Cl2N4O24PPt. The molecule has 4 saturated heterocycles. The second-order valence-electron chi connectivity index (χ2n) is 18.0. The summed E-state index contributed by atoms with van der Waals surface area (Å²) in [6.45, 7) is 1.61. The van der Waals surface area contributed by atoms with E-state index < -0.39 is 129 Å². The van der Waals surface area contributed by atoms with Crippen LogP contribution in [-0.2, 0) is 73.0 Å². The number of aliphatic hydroxyl groups is 6. The molecular weight excluding hydrogens is 1280 g/mol. The molecule has 2 aliphatic carbocycles. The Labute approximate surface area is 465 Å². The van der Waals surface area contributed by atoms with Crippen molar-refractivity contribution in [3.8, 4) is 28.7 Å². The summed E-state index contributed by atoms with van der Waals surface area (Å²) in [5, 5.41) is 96.3. The Bertz CT molecular complexity index is 2310. The Kier molecular flexibility index (Phi) is 24.4. The molecule has 0 amide bonds. The summed E-state index contributed by atoms with van der Waals surface area (Å²) >= 11 is 11.0. The van der Waals surface area contributed by atoms with Gasteiger partial charge in [0.05, 0.1) is 58.0 Å². The molecule has 0 unspecified atom stereocenters. The van der Waals surface area contributed by atoms with Crippen molar-refractivity contribution in [2.75, 3.05) is 65.7 Å². The number of phenolic OH excluding ortho intramolecular Hbond substituents is 1. The van der Waals surface area contributed by atoms with Gasteiger partial charge in [-0.15, -0.1) is 23.2 Å². The van der Waals surface area contributed by atoms with Gasteiger partial charge in [-0.05, 0) is 60.7 Å². The second-order valence-corrected chi connectivity index (χ2v) is 20.7. The van der Waals surface area contributed by atoms with Gasteiger partial charge in [0.25, 0.3) is 0 Å². The van der Waals surface area contributed by atoms with Crippen molar-refractivity contribution in [2.45, 2.75) is 106 Å². The van der Waals surface area contributed by atoms with Gasteiger partial charge in [-0.25, -0.2) is 10.2 Å². The number of carboxylic acids is 2. The van der Waals surface area contributed by atoms with E-state index in [-0.39, 0.29) is 108 Å². The molecule has 15 N–H and O–H groups in total. The first-order chi connectivity index (χ1) is 35.3. The van der Waals surface area contributed by atoms with Crippen LogP contribution in [0.25, 0.3) is 0 Å². The van der Waals surface area contributed by atoms with E-state index in [2.05, 4.69) is 10.2 Å². The number of fused-ring (bicyclic) bond motifs is 4. The van der Waals surface area contributed by atoms with Crippen molar-refractivity contribution in [2.24, 2.45) is 17.3 Å². The molecule has 2 aromatic carbocycles. The van der Waals surface area contributed by atoms with Gasteiger partial charge in [-0.3, -0.25) is 13.9 Å². The van der Waals surface area contributed by atoms with Crippen molar-refractivity contribution < 1.29 is 138 Å². The van der Waals surface area contributed by atoms with Crippen molar-refractivity contribution >= 4 is 48.8 Å². The van der Waals surface area contributed by atoms with Crippen molar-refractivity contribution in [1.29, 1.82) is 0 Å². The largest absolute Gasteiger partial charge is 2.00 e. The van der Waals surface area contributed by atoms with Gasteiger partial charge in [0.2, 0.25) is 12.5 Å². The number of carbonyl (C=O) groups excluding carboxylic acids is 3. The van der Waals surface area contributed by atoms with E-state index in [9.17, 15) is 59.8 Å². The van der Waals surface area contributed by atoms with Crippen molar-refractivity contribution in [1.82, 2.24) is 22.5 Å². The van der Waals surface area contributed by atoms with E-state index in [1.807, 2.05) is 0 Å². The monoisotopic (exact) mass is 1340 g/mol. The molecule has 15 atom stereocenters. The summed E-state index contributed by atoms with van der Waals surface area (Å²) in [4.78, 5) is 33.8. The number of halogens is 2. The number of aliphatic carboxylic acids is 2. The third-order valence-electron chi connectivity index (χ3n) is 13.7. The second kappa shape index (κ2) is 28.4. The van der Waals surface area contributed by atoms with E-state index in [1.54, 1.807) is 31.2 Å². The Balaban J connectivity index is 0.000000307. The number of hydrogen-bond donors (Lipinski definition) is 11. The maximum Gasteiger partial charge on any atom is 2.00 e. The number of carbonyl (C=O) groups is 3. The molecule has 77 heavy (non-hydrogen) atoms. The molecule has 7 aliphatic rings. The summed E-state index contributed by atoms with van der Waals surface area (Å²) < 4.78 is 74.4. The van der Waals surface area contributed by atoms with Crippen molar-refractivity contribution in [3.05, 3.63) is 41.0 Å². The van der Waals surface area contributed by atoms with Gasteiger partial charge in [0.15, 0.2) is 41.9 Å². The third kappa shape index (κ3) is 13.9. The molecule has 0 radical (unpaired) electrons. The minimum Gasteiger partial charge on any atom is -0.549 e. The van der Waals surface area contributed by atoms with Gasteiger partial charge in [-0.2, -0.15) is 0 Å². The summed E-state index contributed by atoms with van der Waals surface area (Å²) in [5.74, 6) is -3.74. The van der Waals surface area contributed by atoms with Crippen molar-refractivity contribution in [3.63, 3.8) is 0 Å². The zero-order valence-corrected chi connectivity index (χ0v) is 46.4. The number of esters is 1. The molecule has 0 spiro atoms. The van der Waals surface area contributed by atoms with Crippen LogP contribution in [0.1, 0.15) is 54.9 Å². The zero-order chi connectivity index (χ0) is 53.8. The Morgan fingerprint density at radius 3 is 1.88 bits per heavy atom. The molecule has 5 aliphatic heterocycles. The number of benzene rings is 2. The maximum atomic E-state index is 13.4. The van der Waals surface area contributed by atoms with Crippen LogP contribution >= 0.6 is 30.9 Å². The average Bonchev–Trinajstić information content (AvgIpc) is 4.00. The quantitative estimate of drug-likeness (QED) is 0.0371. The predicted octanol–water partition coefficient (Wildman–Crippen LogP) is -2.12. The first-order valence-corrected chi connectivity index (χ1v) is 26.1. The van der Waals surface area contributed by atoms with E-state index in [0.29, 0.717) is 34.6 Å². The number of methoxy groups -OCH3 is 2. The molecule has 9 rings (SSSR count). The predicted molar refractivity (Wildman–Crippen MR) is 255 cm³/mol. The summed E-state index contributed by atoms with van der Waals surface area (Å²) in [5.41, 5.74) is 0.347. The van der Waals surface area contributed by atoms with E-state index in [0.717, 1.165) is 0 Å². The number of rotatable bonds is 16. The third-order valence-corrected chi connectivity index (χ3v) is 15.8. The Hall–Kier alpha value is -3.29. The zero-order valence-electron chi connectivity index (χ0n) is 41.8. The van der Waals surface area contributed by atoms with Gasteiger partial charge in [0, 0.05) is 42.1 Å². The van der Waals surface area contributed by atoms with Crippen LogP contribution in [0, 0.1) is 17.3 Å². The number of nitrogens with one attached hydrogen (secondary N) is 2. The van der Waals surface area contributed by atoms with Gasteiger partial charge >= 0.3 is 34.7 Å². The fourth-order valence-corrected chi connectivity index (χ4v) is 11.6. The number of ether oxygens (including phenoxy) is 10. The van der Waals surface area contributed by atoms with Crippen LogP contribution in [0.4, 0.5) is 0 Å². The molecule has 438 valence electrons. The number of phenols is 1. The molecule has 2 aromatic rings. The average molecular weight is 1340 g/mol. The number of aliphatic hydroxyl groups excluding tert-OH is 6. The number of alkyl halides is 2. The molecule has 5 heterocycles. The SMILES string of the molecule is COc1cc([C@@H]2c3cc4c(cc3[C@@H](O[C@@H]3O[C@@H]5CO[C@@H](C)O[C@H]5[C@H](O)[C@H]3O)[C@H]3COC(=O)[C@H]23)OCO4)cc(OC)c1O.N.N.O=C([O-])C1(C(=O)[O-])CCC1.O=P(NCCCl)(NCCCl)O[C@@H]1O[C@H](CO)[C@@H](O)[C@H](O)[C@H]1O.[Pt+2]. The van der Waals surface area contributed by atoms with Crippen LogP contribution in [0.15, 0.2) is 24.3 Å². The normalized spacial score (nSPS) is 32.1. The minimum absolute atomic E-state index is 0. The van der Waals surface area contributed by atoms with E-state index >= 15 is 0 Å².